The highest BCUT2D eigenvalue weighted by Gasteiger charge is 2.45. The van der Waals surface area contributed by atoms with E-state index in [0.717, 1.165) is 45.6 Å². The van der Waals surface area contributed by atoms with E-state index in [0.29, 0.717) is 37.4 Å². The molecule has 0 aliphatic carbocycles. The molecule has 230 valence electrons. The summed E-state index contributed by atoms with van der Waals surface area (Å²) in [6.07, 6.45) is 2.95. The number of fused-ring (bicyclic) bond motifs is 3. The molecule has 6 rings (SSSR count). The fourth-order valence-electron chi connectivity index (χ4n) is 6.27. The van der Waals surface area contributed by atoms with Crippen LogP contribution in [0.25, 0.3) is 10.9 Å². The highest BCUT2D eigenvalue weighted by Crippen LogP contribution is 2.37. The largest absolute Gasteiger partial charge is 0.462 e. The third kappa shape index (κ3) is 6.78. The van der Waals surface area contributed by atoms with Gasteiger partial charge in [-0.05, 0) is 39.2 Å². The Morgan fingerprint density at radius 3 is 2.37 bits per heavy atom. The maximum Gasteiger partial charge on any atom is 0.410 e. The lowest BCUT2D eigenvalue weighted by Gasteiger charge is -2.42. The first-order valence-corrected chi connectivity index (χ1v) is 15.4. The van der Waals surface area contributed by atoms with E-state index >= 15 is 4.39 Å². The maximum absolute atomic E-state index is 15.2. The number of nitrogens with zero attached hydrogens (tertiary/aromatic N) is 7. The molecule has 1 amide bonds. The van der Waals surface area contributed by atoms with Gasteiger partial charge >= 0.3 is 12.1 Å². The van der Waals surface area contributed by atoms with Crippen molar-refractivity contribution in [2.45, 2.75) is 57.8 Å². The number of hydrogen-bond donors (Lipinski definition) is 0. The van der Waals surface area contributed by atoms with Gasteiger partial charge in [-0.1, -0.05) is 41.9 Å². The molecule has 5 heterocycles. The Morgan fingerprint density at radius 2 is 1.70 bits per heavy atom. The molecule has 3 aliphatic rings. The number of benzene rings is 1. The lowest BCUT2D eigenvalue weighted by molar-refractivity contribution is 0.0122. The van der Waals surface area contributed by atoms with Crippen LogP contribution in [0, 0.1) is 5.82 Å². The second-order valence-electron chi connectivity index (χ2n) is 12.6. The van der Waals surface area contributed by atoms with Gasteiger partial charge in [0.15, 0.2) is 11.0 Å². The highest BCUT2D eigenvalue weighted by molar-refractivity contribution is 6.30. The highest BCUT2D eigenvalue weighted by atomic mass is 35.5. The molecule has 3 aliphatic heterocycles. The van der Waals surface area contributed by atoms with E-state index in [1.54, 1.807) is 0 Å². The summed E-state index contributed by atoms with van der Waals surface area (Å²) in [7, 11) is 0. The van der Waals surface area contributed by atoms with E-state index in [-0.39, 0.29) is 34.9 Å². The van der Waals surface area contributed by atoms with Crippen molar-refractivity contribution in [3.63, 3.8) is 0 Å². The first-order valence-electron chi connectivity index (χ1n) is 15.0. The normalized spacial score (nSPS) is 21.4. The van der Waals surface area contributed by atoms with Crippen LogP contribution in [0.15, 0.2) is 36.5 Å². The van der Waals surface area contributed by atoms with Crippen LogP contribution >= 0.6 is 11.6 Å². The Labute approximate surface area is 256 Å². The molecule has 10 nitrogen and oxygen atoms in total. The third-order valence-electron chi connectivity index (χ3n) is 8.34. The Morgan fingerprint density at radius 1 is 1.02 bits per heavy atom. The first kappa shape index (κ1) is 29.8. The molecule has 2 atom stereocenters. The molecule has 0 saturated carbocycles. The van der Waals surface area contributed by atoms with Gasteiger partial charge in [0, 0.05) is 58.6 Å². The summed E-state index contributed by atoms with van der Waals surface area (Å²) in [5, 5.41) is 0.222. The molecule has 2 aromatic heterocycles. The summed E-state index contributed by atoms with van der Waals surface area (Å²) in [5.74, 6) is -0.157. The molecular formula is C31H39ClFN7O3. The molecule has 0 spiro atoms. The minimum atomic E-state index is -0.697. The van der Waals surface area contributed by atoms with Crippen LogP contribution in [0.2, 0.25) is 5.15 Å². The van der Waals surface area contributed by atoms with Crippen molar-refractivity contribution in [1.82, 2.24) is 29.7 Å². The summed E-state index contributed by atoms with van der Waals surface area (Å²) < 4.78 is 26.9. The molecule has 2 bridgehead atoms. The topological polar surface area (TPSA) is 87.2 Å². The van der Waals surface area contributed by atoms with Gasteiger partial charge in [0.1, 0.15) is 23.5 Å². The number of ether oxygens (including phenoxy) is 2. The van der Waals surface area contributed by atoms with Crippen molar-refractivity contribution in [3.05, 3.63) is 53.1 Å². The lowest BCUT2D eigenvalue weighted by Crippen LogP contribution is -2.57. The first-order chi connectivity index (χ1) is 20.6. The van der Waals surface area contributed by atoms with Crippen molar-refractivity contribution in [3.8, 4) is 6.01 Å². The molecule has 2 unspecified atom stereocenters. The van der Waals surface area contributed by atoms with E-state index < -0.39 is 11.4 Å². The van der Waals surface area contributed by atoms with Crippen LogP contribution < -0.4 is 9.64 Å². The standard InChI is InChI=1S/C31H39ClFN7O3/c1-31(2,3)43-30(41)40-22-9-10-23(40)20-39(19-22)28-24-17-34-27(32)25(33)26(24)35-29(36-28)42-16-15-37-11-13-38(14-12-37)18-21-7-5-4-6-8-21/h4-8,17,22-23H,9-16,18-20H2,1-3H3. The monoisotopic (exact) mass is 611 g/mol. The number of amides is 1. The average molecular weight is 612 g/mol. The number of carbonyl (C=O) groups is 1. The van der Waals surface area contributed by atoms with E-state index in [4.69, 9.17) is 26.1 Å². The lowest BCUT2D eigenvalue weighted by atomic mass is 10.1. The van der Waals surface area contributed by atoms with Crippen LogP contribution in [-0.2, 0) is 11.3 Å². The molecule has 0 N–H and O–H groups in total. The molecular weight excluding hydrogens is 573 g/mol. The summed E-state index contributed by atoms with van der Waals surface area (Å²) in [6.45, 7) is 12.6. The van der Waals surface area contributed by atoms with Crippen LogP contribution in [0.1, 0.15) is 39.2 Å². The van der Waals surface area contributed by atoms with Gasteiger partial charge in [-0.15, -0.1) is 0 Å². The van der Waals surface area contributed by atoms with E-state index in [2.05, 4.69) is 48.9 Å². The average Bonchev–Trinajstić information content (AvgIpc) is 3.25. The SMILES string of the molecule is CC(C)(C)OC(=O)N1C2CCC1CN(c1nc(OCCN3CCN(Cc4ccccc4)CC3)nc3c(F)c(Cl)ncc13)C2. The number of halogens is 2. The van der Waals surface area contributed by atoms with Crippen molar-refractivity contribution in [2.24, 2.45) is 0 Å². The van der Waals surface area contributed by atoms with E-state index in [1.807, 2.05) is 31.7 Å². The van der Waals surface area contributed by atoms with Crippen molar-refractivity contribution in [2.75, 3.05) is 57.3 Å². The summed E-state index contributed by atoms with van der Waals surface area (Å²) in [4.78, 5) is 34.9. The van der Waals surface area contributed by atoms with Crippen molar-refractivity contribution >= 4 is 34.4 Å². The van der Waals surface area contributed by atoms with Gasteiger partial charge in [-0.3, -0.25) is 14.7 Å². The van der Waals surface area contributed by atoms with Crippen molar-refractivity contribution < 1.29 is 18.7 Å². The minimum absolute atomic E-state index is 0.0337. The Bertz CT molecular complexity index is 1430. The second kappa shape index (κ2) is 12.4. The number of carbonyl (C=O) groups excluding carboxylic acids is 1. The Hall–Kier alpha value is -3.28. The number of piperazine rings is 2. The van der Waals surface area contributed by atoms with Crippen LogP contribution in [0.5, 0.6) is 6.01 Å². The number of pyridine rings is 1. The van der Waals surface area contributed by atoms with Gasteiger partial charge in [0.2, 0.25) is 0 Å². The number of hydrogen-bond acceptors (Lipinski definition) is 9. The quantitative estimate of drug-likeness (QED) is 0.356. The van der Waals surface area contributed by atoms with Gasteiger partial charge in [0.05, 0.1) is 17.5 Å². The predicted octanol–water partition coefficient (Wildman–Crippen LogP) is 4.60. The minimum Gasteiger partial charge on any atom is -0.462 e. The van der Waals surface area contributed by atoms with E-state index in [9.17, 15) is 4.79 Å². The summed E-state index contributed by atoms with van der Waals surface area (Å²) in [6, 6.07) is 10.6. The van der Waals surface area contributed by atoms with Gasteiger partial charge in [-0.25, -0.2) is 14.2 Å². The number of rotatable bonds is 7. The molecule has 43 heavy (non-hydrogen) atoms. The number of aromatic nitrogens is 3. The van der Waals surface area contributed by atoms with Crippen molar-refractivity contribution in [1.29, 1.82) is 0 Å². The molecule has 3 saturated heterocycles. The second-order valence-corrected chi connectivity index (χ2v) is 12.9. The van der Waals surface area contributed by atoms with Gasteiger partial charge < -0.3 is 14.4 Å². The molecule has 0 radical (unpaired) electrons. The van der Waals surface area contributed by atoms with Crippen LogP contribution in [0.3, 0.4) is 0 Å². The summed E-state index contributed by atoms with van der Waals surface area (Å²) >= 11 is 6.04. The zero-order valence-corrected chi connectivity index (χ0v) is 25.8. The van der Waals surface area contributed by atoms with E-state index in [1.165, 1.54) is 11.8 Å². The smallest absolute Gasteiger partial charge is 0.410 e. The fraction of sp³-hybridized carbons (Fsp3) is 0.548. The van der Waals surface area contributed by atoms with Gasteiger partial charge in [0.25, 0.3) is 0 Å². The predicted molar refractivity (Wildman–Crippen MR) is 163 cm³/mol. The summed E-state index contributed by atoms with van der Waals surface area (Å²) in [5.41, 5.74) is 0.836. The zero-order chi connectivity index (χ0) is 30.1. The molecule has 3 aromatic rings. The molecule has 3 fully saturated rings. The van der Waals surface area contributed by atoms with Crippen LogP contribution in [0.4, 0.5) is 15.0 Å². The molecule has 12 heteroatoms. The number of anilines is 1. The Balaban J connectivity index is 1.12. The van der Waals surface area contributed by atoms with Crippen LogP contribution in [-0.4, -0.2) is 106 Å². The fourth-order valence-corrected chi connectivity index (χ4v) is 6.41. The zero-order valence-electron chi connectivity index (χ0n) is 25.0. The van der Waals surface area contributed by atoms with Gasteiger partial charge in [-0.2, -0.15) is 9.97 Å². The third-order valence-corrected chi connectivity index (χ3v) is 8.60. The molecule has 1 aromatic carbocycles. The Kier molecular flexibility index (Phi) is 8.57. The maximum atomic E-state index is 15.2.